The number of aliphatic hydroxyl groups excluding tert-OH is 2. The van der Waals surface area contributed by atoms with Crippen LogP contribution in [0.2, 0.25) is 0 Å². The zero-order valence-electron chi connectivity index (χ0n) is 19.9. The fourth-order valence-corrected chi connectivity index (χ4v) is 4.43. The Bertz CT molecular complexity index is 1060. The molecule has 0 saturated carbocycles. The Labute approximate surface area is 223 Å². The zero-order chi connectivity index (χ0) is 27.9. The van der Waals surface area contributed by atoms with Crippen LogP contribution in [0.25, 0.3) is 0 Å². The average Bonchev–Trinajstić information content (AvgIpc) is 2.86. The summed E-state index contributed by atoms with van der Waals surface area (Å²) in [5, 5.41) is 22.5. The summed E-state index contributed by atoms with van der Waals surface area (Å²) < 4.78 is 51.7. The molecule has 0 saturated heterocycles. The highest BCUT2D eigenvalue weighted by atomic mass is 127. The van der Waals surface area contributed by atoms with Gasteiger partial charge in [0.05, 0.1) is 23.3 Å². The summed E-state index contributed by atoms with van der Waals surface area (Å²) in [6.07, 6.45) is -7.30. The third-order valence-electron chi connectivity index (χ3n) is 5.43. The number of rotatable bonds is 11. The Kier molecular flexibility index (Phi) is 10.9. The van der Waals surface area contributed by atoms with E-state index in [2.05, 4.69) is 5.32 Å². The number of halogens is 4. The van der Waals surface area contributed by atoms with E-state index in [9.17, 15) is 37.5 Å². The first-order valence-corrected chi connectivity index (χ1v) is 12.1. The van der Waals surface area contributed by atoms with Crippen molar-refractivity contribution in [2.45, 2.75) is 44.2 Å². The van der Waals surface area contributed by atoms with E-state index in [-0.39, 0.29) is 40.5 Å². The summed E-state index contributed by atoms with van der Waals surface area (Å²) >= 11 is 1.83. The number of ether oxygens (including phenoxy) is 2. The Hall–Kier alpha value is -2.72. The number of amides is 2. The largest absolute Gasteiger partial charge is 0.493 e. The van der Waals surface area contributed by atoms with E-state index in [1.54, 1.807) is 0 Å². The number of carbonyl (C=O) groups excluding carboxylic acids is 4. The van der Waals surface area contributed by atoms with Crippen LogP contribution < -0.4 is 14.8 Å². The Morgan fingerprint density at radius 2 is 1.97 bits per heavy atom. The lowest BCUT2D eigenvalue weighted by Crippen LogP contribution is -2.58. The van der Waals surface area contributed by atoms with Crippen molar-refractivity contribution in [2.24, 2.45) is 0 Å². The van der Waals surface area contributed by atoms with E-state index in [4.69, 9.17) is 14.6 Å². The summed E-state index contributed by atoms with van der Waals surface area (Å²) in [4.78, 5) is 48.8. The molecule has 14 heteroatoms. The van der Waals surface area contributed by atoms with Crippen LogP contribution in [-0.4, -0.2) is 90.2 Å². The minimum atomic E-state index is -4.91. The summed E-state index contributed by atoms with van der Waals surface area (Å²) in [6, 6.07) is 1.12. The first kappa shape index (κ1) is 30.5. The van der Waals surface area contributed by atoms with Gasteiger partial charge < -0.3 is 29.9 Å². The van der Waals surface area contributed by atoms with Gasteiger partial charge in [0.15, 0.2) is 11.5 Å². The molecule has 3 atom stereocenters. The number of nitrogens with zero attached hydrogens (tertiary/aromatic N) is 1. The summed E-state index contributed by atoms with van der Waals surface area (Å²) in [5.74, 6) is -3.22. The quantitative estimate of drug-likeness (QED) is 0.187. The van der Waals surface area contributed by atoms with E-state index in [1.807, 2.05) is 22.6 Å². The van der Waals surface area contributed by atoms with E-state index >= 15 is 0 Å². The number of nitrogens with one attached hydrogen (secondary N) is 1. The van der Waals surface area contributed by atoms with Gasteiger partial charge in [0.25, 0.3) is 5.91 Å². The number of benzene rings is 1. The van der Waals surface area contributed by atoms with Gasteiger partial charge in [-0.3, -0.25) is 19.2 Å². The van der Waals surface area contributed by atoms with E-state index < -0.39 is 61.6 Å². The SMILES string of the molecule is CCC(=O)C(=O)N(CC(F)(F)F)C1CC(C(=O)NCCO)=CC(Oc2c(I)cc(C=O)cc2OC)C1O. The van der Waals surface area contributed by atoms with Gasteiger partial charge in [0, 0.05) is 30.5 Å². The second kappa shape index (κ2) is 13.2. The Morgan fingerprint density at radius 1 is 1.30 bits per heavy atom. The smallest absolute Gasteiger partial charge is 0.406 e. The minimum Gasteiger partial charge on any atom is -0.493 e. The maximum atomic E-state index is 13.4. The first-order chi connectivity index (χ1) is 17.4. The second-order valence-electron chi connectivity index (χ2n) is 7.99. The monoisotopic (exact) mass is 642 g/mol. The summed E-state index contributed by atoms with van der Waals surface area (Å²) in [5.41, 5.74) is 0.117. The maximum Gasteiger partial charge on any atom is 0.406 e. The van der Waals surface area contributed by atoms with Gasteiger partial charge >= 0.3 is 6.18 Å². The molecule has 10 nitrogen and oxygen atoms in total. The lowest BCUT2D eigenvalue weighted by Gasteiger charge is -2.40. The molecule has 1 aromatic carbocycles. The maximum absolute atomic E-state index is 13.4. The van der Waals surface area contributed by atoms with E-state index in [0.717, 1.165) is 0 Å². The number of aliphatic hydroxyl groups is 2. The van der Waals surface area contributed by atoms with Gasteiger partial charge in [-0.05, 0) is 40.8 Å². The van der Waals surface area contributed by atoms with Crippen molar-refractivity contribution >= 4 is 46.5 Å². The van der Waals surface area contributed by atoms with Gasteiger partial charge in [-0.2, -0.15) is 13.2 Å². The predicted octanol–water partition coefficient (Wildman–Crippen LogP) is 1.40. The molecular formula is C23H26F3IN2O8. The van der Waals surface area contributed by atoms with Crippen LogP contribution in [0.15, 0.2) is 23.8 Å². The lowest BCUT2D eigenvalue weighted by molar-refractivity contribution is -0.174. The van der Waals surface area contributed by atoms with Crippen LogP contribution in [-0.2, 0) is 14.4 Å². The van der Waals surface area contributed by atoms with E-state index in [1.165, 1.54) is 32.2 Å². The molecule has 0 aliphatic heterocycles. The predicted molar refractivity (Wildman–Crippen MR) is 131 cm³/mol. The zero-order valence-corrected chi connectivity index (χ0v) is 22.0. The Balaban J connectivity index is 2.58. The highest BCUT2D eigenvalue weighted by molar-refractivity contribution is 14.1. The minimum absolute atomic E-state index is 0.0306. The molecule has 0 bridgehead atoms. The molecule has 2 rings (SSSR count). The molecule has 37 heavy (non-hydrogen) atoms. The van der Waals surface area contributed by atoms with Crippen LogP contribution in [0.5, 0.6) is 11.5 Å². The molecule has 204 valence electrons. The highest BCUT2D eigenvalue weighted by Gasteiger charge is 2.45. The van der Waals surface area contributed by atoms with Gasteiger partial charge in [-0.25, -0.2) is 0 Å². The number of ketones is 1. The van der Waals surface area contributed by atoms with Crippen molar-refractivity contribution in [1.82, 2.24) is 10.2 Å². The van der Waals surface area contributed by atoms with Gasteiger partial charge in [-0.15, -0.1) is 0 Å². The molecule has 1 aromatic rings. The number of methoxy groups -OCH3 is 1. The average molecular weight is 642 g/mol. The molecule has 0 heterocycles. The van der Waals surface area contributed by atoms with E-state index in [0.29, 0.717) is 9.86 Å². The van der Waals surface area contributed by atoms with Crippen molar-refractivity contribution in [1.29, 1.82) is 0 Å². The number of carbonyl (C=O) groups is 4. The Morgan fingerprint density at radius 3 is 2.51 bits per heavy atom. The molecule has 2 amide bonds. The molecule has 0 fully saturated rings. The molecule has 0 radical (unpaired) electrons. The topological polar surface area (TPSA) is 142 Å². The first-order valence-electron chi connectivity index (χ1n) is 11.0. The van der Waals surface area contributed by atoms with Crippen molar-refractivity contribution in [2.75, 3.05) is 26.8 Å². The number of aldehydes is 1. The molecule has 0 aromatic heterocycles. The molecule has 3 N–H and O–H groups in total. The third kappa shape index (κ3) is 7.88. The number of alkyl halides is 3. The molecule has 1 aliphatic rings. The molecular weight excluding hydrogens is 616 g/mol. The lowest BCUT2D eigenvalue weighted by atomic mass is 9.87. The van der Waals surface area contributed by atoms with Crippen molar-refractivity contribution in [3.8, 4) is 11.5 Å². The van der Waals surface area contributed by atoms with Crippen LogP contribution in [0.4, 0.5) is 13.2 Å². The fourth-order valence-electron chi connectivity index (χ4n) is 3.68. The number of hydrogen-bond donors (Lipinski definition) is 3. The fraction of sp³-hybridized carbons (Fsp3) is 0.478. The molecule has 1 aliphatic carbocycles. The van der Waals surface area contributed by atoms with Crippen molar-refractivity contribution in [3.63, 3.8) is 0 Å². The van der Waals surface area contributed by atoms with Crippen molar-refractivity contribution in [3.05, 3.63) is 32.9 Å². The van der Waals surface area contributed by atoms with Crippen LogP contribution in [0, 0.1) is 3.57 Å². The van der Waals surface area contributed by atoms with Gasteiger partial charge in [0.1, 0.15) is 25.0 Å². The summed E-state index contributed by atoms with van der Waals surface area (Å²) in [7, 11) is 1.29. The van der Waals surface area contributed by atoms with Crippen molar-refractivity contribution < 1.29 is 52.0 Å². The number of hydrogen-bond acceptors (Lipinski definition) is 8. The van der Waals surface area contributed by atoms with Crippen LogP contribution in [0.1, 0.15) is 30.1 Å². The molecule has 3 unspecified atom stereocenters. The summed E-state index contributed by atoms with van der Waals surface area (Å²) in [6.45, 7) is -1.10. The standard InChI is InChI=1S/C23H26F3IN2O8/c1-3-16(32)22(35)29(11-23(24,25)26)15-8-13(21(34)28-4-5-30)9-17(19(15)33)37-20-14(27)6-12(10-31)7-18(20)36-2/h6-7,9-10,15,17,19,30,33H,3-5,8,11H2,1-2H3,(H,28,34). The van der Waals surface area contributed by atoms with Crippen LogP contribution >= 0.6 is 22.6 Å². The normalized spacial score (nSPS) is 19.5. The third-order valence-corrected chi connectivity index (χ3v) is 6.23. The second-order valence-corrected chi connectivity index (χ2v) is 9.16. The van der Waals surface area contributed by atoms with Crippen LogP contribution in [0.3, 0.4) is 0 Å². The van der Waals surface area contributed by atoms with Gasteiger partial charge in [0.2, 0.25) is 11.7 Å². The highest BCUT2D eigenvalue weighted by Crippen LogP contribution is 2.37. The molecule has 0 spiro atoms. The van der Waals surface area contributed by atoms with Gasteiger partial charge in [-0.1, -0.05) is 6.92 Å². The number of Topliss-reactive ketones (excluding diaryl/α,β-unsaturated/α-hetero) is 1.